The summed E-state index contributed by atoms with van der Waals surface area (Å²) in [4.78, 5) is 7.66. The van der Waals surface area contributed by atoms with E-state index in [1.165, 1.54) is 13.4 Å². The van der Waals surface area contributed by atoms with Gasteiger partial charge in [0.05, 0.1) is 7.11 Å². The molecule has 0 radical (unpaired) electrons. The van der Waals surface area contributed by atoms with Crippen molar-refractivity contribution in [1.82, 2.24) is 25.3 Å². The van der Waals surface area contributed by atoms with Crippen molar-refractivity contribution in [3.8, 4) is 17.7 Å². The molecule has 2 aromatic heterocycles. The van der Waals surface area contributed by atoms with E-state index in [2.05, 4.69) is 29.8 Å². The Morgan fingerprint density at radius 1 is 1.58 bits per heavy atom. The summed E-state index contributed by atoms with van der Waals surface area (Å²) in [6.07, 6.45) is 1.46. The molecule has 0 fully saturated rings. The molecular formula is C5H5N5O2. The molecule has 0 aromatic carbocycles. The standard InChI is InChI=1S/C5H5N5O2/c1-11-5-8-4(10-12-5)3-6-2-7-9-3/h2H,1H3,(H,6,7,9). The lowest BCUT2D eigenvalue weighted by Crippen LogP contribution is -1.84. The number of methoxy groups -OCH3 is 1. The first-order valence-corrected chi connectivity index (χ1v) is 3.13. The zero-order valence-electron chi connectivity index (χ0n) is 6.18. The van der Waals surface area contributed by atoms with Gasteiger partial charge in [-0.1, -0.05) is 0 Å². The Labute approximate surface area is 66.8 Å². The second-order valence-corrected chi connectivity index (χ2v) is 1.92. The van der Waals surface area contributed by atoms with E-state index in [4.69, 9.17) is 4.74 Å². The van der Waals surface area contributed by atoms with Crippen molar-refractivity contribution in [3.05, 3.63) is 6.33 Å². The Hall–Kier alpha value is -1.92. The molecule has 0 saturated carbocycles. The van der Waals surface area contributed by atoms with Crippen LogP contribution in [0.5, 0.6) is 6.08 Å². The van der Waals surface area contributed by atoms with E-state index in [1.54, 1.807) is 0 Å². The predicted octanol–water partition coefficient (Wildman–Crippen LogP) is -0.137. The van der Waals surface area contributed by atoms with Crippen molar-refractivity contribution >= 4 is 0 Å². The molecule has 7 nitrogen and oxygen atoms in total. The van der Waals surface area contributed by atoms with E-state index >= 15 is 0 Å². The molecule has 0 unspecified atom stereocenters. The highest BCUT2D eigenvalue weighted by atomic mass is 16.6. The quantitative estimate of drug-likeness (QED) is 0.669. The molecule has 0 saturated heterocycles. The molecule has 0 amide bonds. The summed E-state index contributed by atoms with van der Waals surface area (Å²) in [5.74, 6) is 0.770. The molecule has 0 aliphatic rings. The molecule has 2 rings (SSSR count). The van der Waals surface area contributed by atoms with Crippen LogP contribution in [0, 0.1) is 0 Å². The number of nitrogens with zero attached hydrogens (tertiary/aromatic N) is 4. The number of aromatic nitrogens is 5. The Morgan fingerprint density at radius 2 is 2.50 bits per heavy atom. The topological polar surface area (TPSA) is 89.7 Å². The normalized spacial score (nSPS) is 10.1. The highest BCUT2D eigenvalue weighted by Gasteiger charge is 2.09. The first-order valence-electron chi connectivity index (χ1n) is 3.13. The second-order valence-electron chi connectivity index (χ2n) is 1.92. The number of rotatable bonds is 2. The summed E-state index contributed by atoms with van der Waals surface area (Å²) in [6, 6.07) is 0. The van der Waals surface area contributed by atoms with Crippen LogP contribution in [0.15, 0.2) is 10.9 Å². The van der Waals surface area contributed by atoms with Gasteiger partial charge >= 0.3 is 6.08 Å². The van der Waals surface area contributed by atoms with Crippen LogP contribution in [0.4, 0.5) is 0 Å². The molecule has 0 spiro atoms. The van der Waals surface area contributed by atoms with Gasteiger partial charge in [-0.25, -0.2) is 4.98 Å². The Morgan fingerprint density at radius 3 is 3.08 bits per heavy atom. The number of hydrogen-bond donors (Lipinski definition) is 1. The molecule has 2 aromatic rings. The smallest absolute Gasteiger partial charge is 0.417 e. The summed E-state index contributed by atoms with van der Waals surface area (Å²) in [7, 11) is 1.44. The maximum Gasteiger partial charge on any atom is 0.417 e. The van der Waals surface area contributed by atoms with E-state index in [1.807, 2.05) is 0 Å². The lowest BCUT2D eigenvalue weighted by molar-refractivity contribution is 0.250. The molecule has 0 bridgehead atoms. The minimum atomic E-state index is 0.0985. The van der Waals surface area contributed by atoms with Crippen LogP contribution in [-0.2, 0) is 0 Å². The van der Waals surface area contributed by atoms with Crippen molar-refractivity contribution in [2.45, 2.75) is 0 Å². The molecule has 62 valence electrons. The highest BCUT2D eigenvalue weighted by Crippen LogP contribution is 2.12. The number of nitrogens with one attached hydrogen (secondary N) is 1. The van der Waals surface area contributed by atoms with Crippen molar-refractivity contribution < 1.29 is 9.26 Å². The van der Waals surface area contributed by atoms with Crippen molar-refractivity contribution in [2.24, 2.45) is 0 Å². The van der Waals surface area contributed by atoms with Gasteiger partial charge in [-0.05, 0) is 5.16 Å². The second kappa shape index (κ2) is 2.61. The third kappa shape index (κ3) is 1.00. The molecule has 7 heteroatoms. The number of H-pyrrole nitrogens is 1. The summed E-state index contributed by atoms with van der Waals surface area (Å²) in [5.41, 5.74) is 0. The first-order chi connectivity index (χ1) is 5.90. The fraction of sp³-hybridized carbons (Fsp3) is 0.200. The van der Waals surface area contributed by atoms with Crippen molar-refractivity contribution in [2.75, 3.05) is 7.11 Å². The summed E-state index contributed by atoms with van der Waals surface area (Å²) < 4.78 is 9.36. The van der Waals surface area contributed by atoms with E-state index < -0.39 is 0 Å². The Balaban J connectivity index is 2.35. The van der Waals surface area contributed by atoms with E-state index in [0.717, 1.165) is 0 Å². The SMILES string of the molecule is COc1nc(-c2ncn[nH]2)no1. The summed E-state index contributed by atoms with van der Waals surface area (Å²) in [6.45, 7) is 0. The Bertz CT molecular complexity index is 354. The summed E-state index contributed by atoms with van der Waals surface area (Å²) in [5, 5.41) is 9.81. The van der Waals surface area contributed by atoms with Gasteiger partial charge in [0.25, 0.3) is 0 Å². The zero-order chi connectivity index (χ0) is 8.39. The first kappa shape index (κ1) is 6.77. The van der Waals surface area contributed by atoms with Crippen LogP contribution < -0.4 is 4.74 Å². The number of aromatic amines is 1. The van der Waals surface area contributed by atoms with Gasteiger partial charge in [0.2, 0.25) is 5.82 Å². The van der Waals surface area contributed by atoms with E-state index in [0.29, 0.717) is 11.6 Å². The molecular weight excluding hydrogens is 162 g/mol. The van der Waals surface area contributed by atoms with Crippen LogP contribution in [0.25, 0.3) is 11.6 Å². The monoisotopic (exact) mass is 167 g/mol. The van der Waals surface area contributed by atoms with Gasteiger partial charge in [0.15, 0.2) is 5.82 Å². The van der Waals surface area contributed by atoms with Crippen LogP contribution in [0.1, 0.15) is 0 Å². The van der Waals surface area contributed by atoms with E-state index in [9.17, 15) is 0 Å². The van der Waals surface area contributed by atoms with Crippen LogP contribution in [0.2, 0.25) is 0 Å². The Kier molecular flexibility index (Phi) is 1.47. The third-order valence-electron chi connectivity index (χ3n) is 1.21. The van der Waals surface area contributed by atoms with Gasteiger partial charge in [0.1, 0.15) is 6.33 Å². The third-order valence-corrected chi connectivity index (χ3v) is 1.21. The fourth-order valence-corrected chi connectivity index (χ4v) is 0.702. The fourth-order valence-electron chi connectivity index (χ4n) is 0.702. The van der Waals surface area contributed by atoms with E-state index in [-0.39, 0.29) is 6.08 Å². The average molecular weight is 167 g/mol. The van der Waals surface area contributed by atoms with Crippen LogP contribution >= 0.6 is 0 Å². The predicted molar refractivity (Wildman–Crippen MR) is 36.2 cm³/mol. The number of ether oxygens (including phenoxy) is 1. The van der Waals surface area contributed by atoms with Crippen molar-refractivity contribution in [3.63, 3.8) is 0 Å². The van der Waals surface area contributed by atoms with Crippen LogP contribution in [-0.4, -0.2) is 32.4 Å². The van der Waals surface area contributed by atoms with Gasteiger partial charge in [-0.2, -0.15) is 5.10 Å². The molecule has 0 aliphatic carbocycles. The zero-order valence-corrected chi connectivity index (χ0v) is 6.18. The molecule has 0 aliphatic heterocycles. The molecule has 12 heavy (non-hydrogen) atoms. The van der Waals surface area contributed by atoms with Gasteiger partial charge < -0.3 is 4.74 Å². The number of hydrogen-bond acceptors (Lipinski definition) is 6. The highest BCUT2D eigenvalue weighted by molar-refractivity contribution is 5.39. The average Bonchev–Trinajstić information content (AvgIpc) is 2.75. The summed E-state index contributed by atoms with van der Waals surface area (Å²) >= 11 is 0. The largest absolute Gasteiger partial charge is 0.452 e. The lowest BCUT2D eigenvalue weighted by atomic mass is 10.6. The minimum Gasteiger partial charge on any atom is -0.452 e. The van der Waals surface area contributed by atoms with Crippen LogP contribution in [0.3, 0.4) is 0 Å². The molecule has 0 atom stereocenters. The maximum absolute atomic E-state index is 4.69. The lowest BCUT2D eigenvalue weighted by Gasteiger charge is -1.82. The minimum absolute atomic E-state index is 0.0985. The van der Waals surface area contributed by atoms with Gasteiger partial charge in [-0.15, -0.1) is 4.98 Å². The molecule has 1 N–H and O–H groups in total. The van der Waals surface area contributed by atoms with Gasteiger partial charge in [-0.3, -0.25) is 9.62 Å². The van der Waals surface area contributed by atoms with Crippen molar-refractivity contribution in [1.29, 1.82) is 0 Å². The maximum atomic E-state index is 4.69. The molecule has 2 heterocycles. The van der Waals surface area contributed by atoms with Gasteiger partial charge in [0, 0.05) is 0 Å².